The normalized spacial score (nSPS) is 15.5. The van der Waals surface area contributed by atoms with Crippen LogP contribution in [0.3, 0.4) is 0 Å². The lowest BCUT2D eigenvalue weighted by atomic mass is 9.93. The van der Waals surface area contributed by atoms with Gasteiger partial charge in [-0.25, -0.2) is 0 Å². The SMILES string of the molecule is CN(C)C(=O)CCNC(=O)CCC1CCNCC1.Cl. The molecule has 2 N–H and O–H groups in total. The number of hydrogen-bond donors (Lipinski definition) is 2. The van der Waals surface area contributed by atoms with Gasteiger partial charge in [0.2, 0.25) is 11.8 Å². The van der Waals surface area contributed by atoms with E-state index in [1.165, 1.54) is 12.8 Å². The number of rotatable bonds is 6. The van der Waals surface area contributed by atoms with Crippen LogP contribution in [0.4, 0.5) is 0 Å². The van der Waals surface area contributed by atoms with Crippen LogP contribution in [-0.4, -0.2) is 50.4 Å². The molecule has 0 bridgehead atoms. The van der Waals surface area contributed by atoms with Crippen molar-refractivity contribution in [1.82, 2.24) is 15.5 Å². The Kier molecular flexibility index (Phi) is 9.61. The second-order valence-electron chi connectivity index (χ2n) is 5.12. The van der Waals surface area contributed by atoms with E-state index in [4.69, 9.17) is 0 Å². The summed E-state index contributed by atoms with van der Waals surface area (Å²) in [7, 11) is 3.45. The highest BCUT2D eigenvalue weighted by atomic mass is 35.5. The summed E-state index contributed by atoms with van der Waals surface area (Å²) in [5, 5.41) is 6.12. The van der Waals surface area contributed by atoms with Crippen molar-refractivity contribution in [3.05, 3.63) is 0 Å². The van der Waals surface area contributed by atoms with Gasteiger partial charge in [0.15, 0.2) is 0 Å². The van der Waals surface area contributed by atoms with Gasteiger partial charge in [-0.05, 0) is 38.3 Å². The van der Waals surface area contributed by atoms with Crippen molar-refractivity contribution in [2.24, 2.45) is 5.92 Å². The van der Waals surface area contributed by atoms with E-state index in [0.717, 1.165) is 19.5 Å². The maximum absolute atomic E-state index is 11.6. The summed E-state index contributed by atoms with van der Waals surface area (Å²) in [6, 6.07) is 0. The van der Waals surface area contributed by atoms with Crippen LogP contribution in [0.5, 0.6) is 0 Å². The highest BCUT2D eigenvalue weighted by Gasteiger charge is 2.14. The molecular weight excluding hydrogens is 266 g/mol. The quantitative estimate of drug-likeness (QED) is 0.760. The fraction of sp³-hybridized carbons (Fsp3) is 0.846. The molecule has 1 aliphatic heterocycles. The fourth-order valence-corrected chi connectivity index (χ4v) is 2.13. The van der Waals surface area contributed by atoms with Crippen molar-refractivity contribution in [2.75, 3.05) is 33.7 Å². The van der Waals surface area contributed by atoms with Gasteiger partial charge in [-0.2, -0.15) is 0 Å². The van der Waals surface area contributed by atoms with Gasteiger partial charge >= 0.3 is 0 Å². The molecule has 0 aliphatic carbocycles. The predicted octanol–water partition coefficient (Wildman–Crippen LogP) is 0.782. The summed E-state index contributed by atoms with van der Waals surface area (Å²) in [4.78, 5) is 24.4. The molecular formula is C13H26ClN3O2. The summed E-state index contributed by atoms with van der Waals surface area (Å²) in [5.74, 6) is 0.800. The van der Waals surface area contributed by atoms with Crippen molar-refractivity contribution in [2.45, 2.75) is 32.1 Å². The smallest absolute Gasteiger partial charge is 0.223 e. The molecule has 1 fully saturated rings. The molecule has 1 heterocycles. The Bertz CT molecular complexity index is 279. The first-order valence-corrected chi connectivity index (χ1v) is 6.77. The molecule has 0 aromatic rings. The Balaban J connectivity index is 0.00000324. The molecule has 0 atom stereocenters. The van der Waals surface area contributed by atoms with Crippen molar-refractivity contribution in [1.29, 1.82) is 0 Å². The second kappa shape index (κ2) is 10.0. The van der Waals surface area contributed by atoms with Gasteiger partial charge in [-0.15, -0.1) is 12.4 Å². The Morgan fingerprint density at radius 3 is 2.42 bits per heavy atom. The van der Waals surface area contributed by atoms with Gasteiger partial charge in [0.1, 0.15) is 0 Å². The number of halogens is 1. The van der Waals surface area contributed by atoms with Crippen LogP contribution in [0.25, 0.3) is 0 Å². The topological polar surface area (TPSA) is 61.4 Å². The molecule has 1 rings (SSSR count). The van der Waals surface area contributed by atoms with Crippen molar-refractivity contribution in [3.63, 3.8) is 0 Å². The lowest BCUT2D eigenvalue weighted by Crippen LogP contribution is -2.31. The van der Waals surface area contributed by atoms with Crippen LogP contribution < -0.4 is 10.6 Å². The summed E-state index contributed by atoms with van der Waals surface area (Å²) >= 11 is 0. The van der Waals surface area contributed by atoms with Gasteiger partial charge in [-0.3, -0.25) is 9.59 Å². The van der Waals surface area contributed by atoms with E-state index in [1.54, 1.807) is 19.0 Å². The molecule has 5 nitrogen and oxygen atoms in total. The molecule has 0 aromatic heterocycles. The van der Waals surface area contributed by atoms with E-state index in [9.17, 15) is 9.59 Å². The Morgan fingerprint density at radius 2 is 1.84 bits per heavy atom. The van der Waals surface area contributed by atoms with E-state index in [2.05, 4.69) is 10.6 Å². The lowest BCUT2D eigenvalue weighted by Gasteiger charge is -2.22. The number of nitrogens with one attached hydrogen (secondary N) is 2. The zero-order valence-corrected chi connectivity index (χ0v) is 12.7. The third-order valence-electron chi connectivity index (χ3n) is 3.40. The van der Waals surface area contributed by atoms with Crippen molar-refractivity contribution >= 4 is 24.2 Å². The van der Waals surface area contributed by atoms with Gasteiger partial charge in [0.05, 0.1) is 0 Å². The maximum Gasteiger partial charge on any atom is 0.223 e. The van der Waals surface area contributed by atoms with Crippen LogP contribution in [-0.2, 0) is 9.59 Å². The molecule has 0 radical (unpaired) electrons. The average molecular weight is 292 g/mol. The fourth-order valence-electron chi connectivity index (χ4n) is 2.13. The molecule has 1 saturated heterocycles. The standard InChI is InChI=1S/C13H25N3O2.ClH/c1-16(2)13(18)7-10-15-12(17)4-3-11-5-8-14-9-6-11;/h11,14H,3-10H2,1-2H3,(H,15,17);1H. The minimum absolute atomic E-state index is 0. The van der Waals surface area contributed by atoms with Crippen LogP contribution in [0.2, 0.25) is 0 Å². The minimum atomic E-state index is 0. The van der Waals surface area contributed by atoms with Crippen molar-refractivity contribution < 1.29 is 9.59 Å². The first-order valence-electron chi connectivity index (χ1n) is 6.77. The van der Waals surface area contributed by atoms with Crippen molar-refractivity contribution in [3.8, 4) is 0 Å². The zero-order chi connectivity index (χ0) is 13.4. The third kappa shape index (κ3) is 8.06. The number of nitrogens with zero attached hydrogens (tertiary/aromatic N) is 1. The average Bonchev–Trinajstić information content (AvgIpc) is 2.37. The van der Waals surface area contributed by atoms with Gasteiger partial charge in [0, 0.05) is 33.5 Å². The number of hydrogen-bond acceptors (Lipinski definition) is 3. The third-order valence-corrected chi connectivity index (χ3v) is 3.40. The Hall–Kier alpha value is -0.810. The van der Waals surface area contributed by atoms with Crippen LogP contribution in [0.1, 0.15) is 32.1 Å². The zero-order valence-electron chi connectivity index (χ0n) is 11.9. The molecule has 0 saturated carbocycles. The number of piperidine rings is 1. The summed E-state index contributed by atoms with van der Waals surface area (Å²) < 4.78 is 0. The van der Waals surface area contributed by atoms with Crippen LogP contribution in [0, 0.1) is 5.92 Å². The number of carbonyl (C=O) groups is 2. The first-order chi connectivity index (χ1) is 8.59. The largest absolute Gasteiger partial charge is 0.356 e. The lowest BCUT2D eigenvalue weighted by molar-refractivity contribution is -0.128. The van der Waals surface area contributed by atoms with E-state index in [0.29, 0.717) is 25.3 Å². The van der Waals surface area contributed by atoms with Gasteiger partial charge < -0.3 is 15.5 Å². The summed E-state index contributed by atoms with van der Waals surface area (Å²) in [6.07, 6.45) is 4.28. The summed E-state index contributed by atoms with van der Waals surface area (Å²) in [5.41, 5.74) is 0. The number of amides is 2. The first kappa shape index (κ1) is 18.2. The molecule has 0 aromatic carbocycles. The van der Waals surface area contributed by atoms with Gasteiger partial charge in [-0.1, -0.05) is 0 Å². The van der Waals surface area contributed by atoms with Crippen LogP contribution >= 0.6 is 12.4 Å². The molecule has 2 amide bonds. The van der Waals surface area contributed by atoms with Crippen LogP contribution in [0.15, 0.2) is 0 Å². The molecule has 1 aliphatic rings. The molecule has 19 heavy (non-hydrogen) atoms. The molecule has 0 spiro atoms. The molecule has 0 unspecified atom stereocenters. The number of carbonyl (C=O) groups excluding carboxylic acids is 2. The molecule has 6 heteroatoms. The molecule has 112 valence electrons. The van der Waals surface area contributed by atoms with E-state index in [-0.39, 0.29) is 24.2 Å². The maximum atomic E-state index is 11.6. The summed E-state index contributed by atoms with van der Waals surface area (Å²) in [6.45, 7) is 2.59. The van der Waals surface area contributed by atoms with E-state index >= 15 is 0 Å². The highest BCUT2D eigenvalue weighted by Crippen LogP contribution is 2.17. The Morgan fingerprint density at radius 1 is 1.21 bits per heavy atom. The predicted molar refractivity (Wildman–Crippen MR) is 78.4 cm³/mol. The highest BCUT2D eigenvalue weighted by molar-refractivity contribution is 5.85. The Labute approximate surface area is 121 Å². The van der Waals surface area contributed by atoms with E-state index < -0.39 is 0 Å². The monoisotopic (exact) mass is 291 g/mol. The van der Waals surface area contributed by atoms with E-state index in [1.807, 2.05) is 0 Å². The minimum Gasteiger partial charge on any atom is -0.356 e. The second-order valence-corrected chi connectivity index (χ2v) is 5.12. The van der Waals surface area contributed by atoms with Gasteiger partial charge in [0.25, 0.3) is 0 Å².